The molecule has 18 heavy (non-hydrogen) atoms. The van der Waals surface area contributed by atoms with Gasteiger partial charge in [-0.15, -0.1) is 0 Å². The van der Waals surface area contributed by atoms with Crippen molar-refractivity contribution in [2.45, 2.75) is 52.5 Å². The maximum Gasteiger partial charge on any atom is 0.237 e. The molecule has 0 aromatic heterocycles. The lowest BCUT2D eigenvalue weighted by atomic mass is 9.88. The van der Waals surface area contributed by atoms with E-state index in [0.29, 0.717) is 12.0 Å². The second-order valence-corrected chi connectivity index (χ2v) is 6.37. The fourth-order valence-corrected chi connectivity index (χ4v) is 2.46. The van der Waals surface area contributed by atoms with Crippen LogP contribution in [0.3, 0.4) is 0 Å². The van der Waals surface area contributed by atoms with Crippen molar-refractivity contribution in [3.63, 3.8) is 0 Å². The van der Waals surface area contributed by atoms with Crippen molar-refractivity contribution in [3.8, 4) is 0 Å². The SMILES string of the molecule is CC1CCCN(C(=O)C(C)(C)C(=O)NC2CC2)C1. The number of nitrogens with zero attached hydrogens (tertiary/aromatic N) is 1. The Morgan fingerprint density at radius 1 is 1.22 bits per heavy atom. The number of rotatable bonds is 3. The van der Waals surface area contributed by atoms with Gasteiger partial charge in [0.25, 0.3) is 0 Å². The van der Waals surface area contributed by atoms with E-state index in [1.807, 2.05) is 4.90 Å². The Morgan fingerprint density at radius 3 is 2.44 bits per heavy atom. The molecule has 1 atom stereocenters. The van der Waals surface area contributed by atoms with E-state index >= 15 is 0 Å². The number of likely N-dealkylation sites (tertiary alicyclic amines) is 1. The van der Waals surface area contributed by atoms with Crippen LogP contribution < -0.4 is 5.32 Å². The highest BCUT2D eigenvalue weighted by molar-refractivity contribution is 6.04. The van der Waals surface area contributed by atoms with Crippen molar-refractivity contribution >= 4 is 11.8 Å². The average molecular weight is 252 g/mol. The maximum atomic E-state index is 12.5. The van der Waals surface area contributed by atoms with E-state index in [0.717, 1.165) is 32.4 Å². The zero-order valence-corrected chi connectivity index (χ0v) is 11.7. The quantitative estimate of drug-likeness (QED) is 0.775. The third-order valence-corrected chi connectivity index (χ3v) is 3.96. The molecule has 1 aliphatic carbocycles. The zero-order valence-electron chi connectivity index (χ0n) is 11.7. The lowest BCUT2D eigenvalue weighted by Crippen LogP contribution is -2.52. The van der Waals surface area contributed by atoms with Crippen LogP contribution in [0.5, 0.6) is 0 Å². The van der Waals surface area contributed by atoms with Gasteiger partial charge in [0.1, 0.15) is 5.41 Å². The summed E-state index contributed by atoms with van der Waals surface area (Å²) in [6.07, 6.45) is 4.33. The summed E-state index contributed by atoms with van der Waals surface area (Å²) in [5.41, 5.74) is -0.931. The zero-order chi connectivity index (χ0) is 13.3. The Kier molecular flexibility index (Phi) is 3.64. The minimum absolute atomic E-state index is 0.0211. The first-order valence-electron chi connectivity index (χ1n) is 7.01. The van der Waals surface area contributed by atoms with Gasteiger partial charge >= 0.3 is 0 Å². The van der Waals surface area contributed by atoms with Crippen molar-refractivity contribution in [2.75, 3.05) is 13.1 Å². The minimum Gasteiger partial charge on any atom is -0.352 e. The van der Waals surface area contributed by atoms with Crippen molar-refractivity contribution in [1.82, 2.24) is 10.2 Å². The topological polar surface area (TPSA) is 49.4 Å². The van der Waals surface area contributed by atoms with Crippen LogP contribution in [-0.2, 0) is 9.59 Å². The van der Waals surface area contributed by atoms with Crippen LogP contribution in [0, 0.1) is 11.3 Å². The highest BCUT2D eigenvalue weighted by Crippen LogP contribution is 2.26. The van der Waals surface area contributed by atoms with Crippen LogP contribution in [0.25, 0.3) is 0 Å². The predicted molar refractivity (Wildman–Crippen MR) is 69.9 cm³/mol. The molecule has 0 bridgehead atoms. The van der Waals surface area contributed by atoms with Crippen LogP contribution in [0.4, 0.5) is 0 Å². The molecule has 1 aliphatic heterocycles. The molecule has 1 unspecified atom stereocenters. The van der Waals surface area contributed by atoms with Gasteiger partial charge in [0.15, 0.2) is 0 Å². The predicted octanol–water partition coefficient (Wildman–Crippen LogP) is 1.55. The van der Waals surface area contributed by atoms with Gasteiger partial charge in [-0.25, -0.2) is 0 Å². The molecule has 2 aliphatic rings. The summed E-state index contributed by atoms with van der Waals surface area (Å²) < 4.78 is 0. The van der Waals surface area contributed by atoms with E-state index < -0.39 is 5.41 Å². The Hall–Kier alpha value is -1.06. The first-order valence-corrected chi connectivity index (χ1v) is 7.01. The van der Waals surface area contributed by atoms with Crippen molar-refractivity contribution in [3.05, 3.63) is 0 Å². The molecule has 4 nitrogen and oxygen atoms in total. The second-order valence-electron chi connectivity index (χ2n) is 6.37. The molecule has 0 aromatic carbocycles. The van der Waals surface area contributed by atoms with Crippen molar-refractivity contribution in [2.24, 2.45) is 11.3 Å². The van der Waals surface area contributed by atoms with Gasteiger partial charge in [0, 0.05) is 19.1 Å². The molecule has 1 heterocycles. The monoisotopic (exact) mass is 252 g/mol. The molecular weight excluding hydrogens is 228 g/mol. The van der Waals surface area contributed by atoms with Gasteiger partial charge in [-0.2, -0.15) is 0 Å². The lowest BCUT2D eigenvalue weighted by Gasteiger charge is -2.36. The number of carbonyl (C=O) groups excluding carboxylic acids is 2. The molecule has 102 valence electrons. The Morgan fingerprint density at radius 2 is 1.89 bits per heavy atom. The molecule has 1 N–H and O–H groups in total. The summed E-state index contributed by atoms with van der Waals surface area (Å²) in [4.78, 5) is 26.5. The summed E-state index contributed by atoms with van der Waals surface area (Å²) in [5.74, 6) is 0.408. The van der Waals surface area contributed by atoms with Crippen molar-refractivity contribution in [1.29, 1.82) is 0 Å². The third-order valence-electron chi connectivity index (χ3n) is 3.96. The van der Waals surface area contributed by atoms with Gasteiger partial charge in [0.05, 0.1) is 0 Å². The fraction of sp³-hybridized carbons (Fsp3) is 0.857. The van der Waals surface area contributed by atoms with Gasteiger partial charge in [-0.3, -0.25) is 9.59 Å². The van der Waals surface area contributed by atoms with Crippen LogP contribution in [0.2, 0.25) is 0 Å². The molecule has 2 rings (SSSR count). The Bertz CT molecular complexity index is 348. The van der Waals surface area contributed by atoms with Gasteiger partial charge in [0.2, 0.25) is 11.8 Å². The number of nitrogens with one attached hydrogen (secondary N) is 1. The molecule has 0 radical (unpaired) electrons. The number of hydrogen-bond acceptors (Lipinski definition) is 2. The first kappa shape index (κ1) is 13.4. The highest BCUT2D eigenvalue weighted by atomic mass is 16.2. The number of piperidine rings is 1. The van der Waals surface area contributed by atoms with Gasteiger partial charge in [-0.05, 0) is 45.4 Å². The minimum atomic E-state index is -0.931. The molecular formula is C14H24N2O2. The van der Waals surface area contributed by atoms with Crippen LogP contribution in [0.15, 0.2) is 0 Å². The Labute approximate surface area is 109 Å². The van der Waals surface area contributed by atoms with Gasteiger partial charge in [-0.1, -0.05) is 6.92 Å². The molecule has 2 fully saturated rings. The largest absolute Gasteiger partial charge is 0.352 e. The van der Waals surface area contributed by atoms with Gasteiger partial charge < -0.3 is 10.2 Å². The summed E-state index contributed by atoms with van der Waals surface area (Å²) in [7, 11) is 0. The van der Waals surface area contributed by atoms with Crippen molar-refractivity contribution < 1.29 is 9.59 Å². The van der Waals surface area contributed by atoms with E-state index in [-0.39, 0.29) is 11.8 Å². The van der Waals surface area contributed by atoms with E-state index in [1.165, 1.54) is 6.42 Å². The second kappa shape index (κ2) is 4.90. The summed E-state index contributed by atoms with van der Waals surface area (Å²) in [5, 5.41) is 2.94. The highest BCUT2D eigenvalue weighted by Gasteiger charge is 2.41. The fourth-order valence-electron chi connectivity index (χ4n) is 2.46. The molecule has 0 spiro atoms. The van der Waals surface area contributed by atoms with E-state index in [2.05, 4.69) is 12.2 Å². The molecule has 1 saturated heterocycles. The van der Waals surface area contributed by atoms with Crippen LogP contribution in [-0.4, -0.2) is 35.8 Å². The molecule has 0 aromatic rings. The normalized spacial score (nSPS) is 24.8. The Balaban J connectivity index is 1.98. The number of amides is 2. The smallest absolute Gasteiger partial charge is 0.237 e. The summed E-state index contributed by atoms with van der Waals surface area (Å²) in [6.45, 7) is 7.23. The standard InChI is InChI=1S/C14H24N2O2/c1-10-5-4-8-16(9-10)13(18)14(2,3)12(17)15-11-6-7-11/h10-11H,4-9H2,1-3H3,(H,15,17). The van der Waals surface area contributed by atoms with Crippen LogP contribution >= 0.6 is 0 Å². The number of hydrogen-bond donors (Lipinski definition) is 1. The molecule has 4 heteroatoms. The maximum absolute atomic E-state index is 12.5. The van der Waals surface area contributed by atoms with Crippen LogP contribution in [0.1, 0.15) is 46.5 Å². The number of carbonyl (C=O) groups is 2. The van der Waals surface area contributed by atoms with E-state index in [1.54, 1.807) is 13.8 Å². The van der Waals surface area contributed by atoms with E-state index in [9.17, 15) is 9.59 Å². The van der Waals surface area contributed by atoms with E-state index in [4.69, 9.17) is 0 Å². The molecule has 1 saturated carbocycles. The third kappa shape index (κ3) is 2.85. The molecule has 2 amide bonds. The average Bonchev–Trinajstić information content (AvgIpc) is 3.11. The lowest BCUT2D eigenvalue weighted by molar-refractivity contribution is -0.149. The summed E-state index contributed by atoms with van der Waals surface area (Å²) in [6, 6.07) is 0.310. The first-order chi connectivity index (χ1) is 8.41. The summed E-state index contributed by atoms with van der Waals surface area (Å²) >= 11 is 0.